The minimum absolute atomic E-state index is 0.252. The van der Waals surface area contributed by atoms with Crippen molar-refractivity contribution in [3.8, 4) is 0 Å². The highest BCUT2D eigenvalue weighted by molar-refractivity contribution is 7.09. The molecule has 0 atom stereocenters. The summed E-state index contributed by atoms with van der Waals surface area (Å²) < 4.78 is 42.5. The number of rotatable bonds is 4. The molecular weight excluding hydrogens is 449 g/mol. The van der Waals surface area contributed by atoms with Crippen LogP contribution < -0.4 is 4.90 Å². The van der Waals surface area contributed by atoms with Gasteiger partial charge < -0.3 is 9.80 Å². The van der Waals surface area contributed by atoms with Crippen molar-refractivity contribution in [2.45, 2.75) is 12.6 Å². The van der Waals surface area contributed by atoms with E-state index in [2.05, 4.69) is 14.3 Å². The number of carbonyl (C=O) groups is 1. The van der Waals surface area contributed by atoms with Crippen LogP contribution >= 0.6 is 23.1 Å². The molecule has 0 bridgehead atoms. The third-order valence-corrected chi connectivity index (χ3v) is 6.10. The summed E-state index contributed by atoms with van der Waals surface area (Å²) in [7, 11) is 0. The predicted molar refractivity (Wildman–Crippen MR) is 114 cm³/mol. The van der Waals surface area contributed by atoms with E-state index < -0.39 is 11.7 Å². The molecule has 1 aromatic heterocycles. The summed E-state index contributed by atoms with van der Waals surface area (Å²) in [5.41, 5.74) is 0.558. The molecule has 3 aromatic rings. The minimum atomic E-state index is -4.42. The smallest absolute Gasteiger partial charge is 0.343 e. The van der Waals surface area contributed by atoms with Crippen LogP contribution in [-0.2, 0) is 12.6 Å². The number of piperazine rings is 1. The molecule has 4 rings (SSSR count). The molecule has 0 spiro atoms. The third kappa shape index (κ3) is 5.16. The van der Waals surface area contributed by atoms with Gasteiger partial charge in [0, 0.05) is 54.7 Å². The van der Waals surface area contributed by atoms with E-state index in [1.807, 2.05) is 24.3 Å². The van der Waals surface area contributed by atoms with E-state index in [9.17, 15) is 18.0 Å². The Morgan fingerprint density at radius 1 is 1.00 bits per heavy atom. The molecule has 2 heterocycles. The van der Waals surface area contributed by atoms with Crippen molar-refractivity contribution in [3.63, 3.8) is 0 Å². The molecule has 10 heteroatoms. The van der Waals surface area contributed by atoms with E-state index in [1.54, 1.807) is 4.90 Å². The average Bonchev–Trinajstić information content (AvgIpc) is 3.23. The largest absolute Gasteiger partial charge is 0.416 e. The predicted octanol–water partition coefficient (Wildman–Crippen LogP) is 4.76. The second-order valence-corrected chi connectivity index (χ2v) is 8.32. The van der Waals surface area contributed by atoms with Gasteiger partial charge >= 0.3 is 6.18 Å². The van der Waals surface area contributed by atoms with Crippen LogP contribution in [0.2, 0.25) is 5.02 Å². The number of hydrogen-bond donors (Lipinski definition) is 0. The summed E-state index contributed by atoms with van der Waals surface area (Å²) in [5.74, 6) is 0.458. The molecule has 2 aromatic carbocycles. The Labute approximate surface area is 186 Å². The second kappa shape index (κ2) is 8.84. The zero-order valence-electron chi connectivity index (χ0n) is 16.3. The molecule has 5 nitrogen and oxygen atoms in total. The highest BCUT2D eigenvalue weighted by Gasteiger charge is 2.31. The molecule has 162 valence electrons. The van der Waals surface area contributed by atoms with Crippen molar-refractivity contribution in [2.24, 2.45) is 0 Å². The van der Waals surface area contributed by atoms with Crippen molar-refractivity contribution in [1.29, 1.82) is 0 Å². The van der Waals surface area contributed by atoms with E-state index >= 15 is 0 Å². The maximum absolute atomic E-state index is 12.7. The first-order valence-electron chi connectivity index (χ1n) is 9.58. The third-order valence-electron chi connectivity index (χ3n) is 5.03. The Morgan fingerprint density at radius 3 is 2.26 bits per heavy atom. The molecule has 1 saturated heterocycles. The lowest BCUT2D eigenvalue weighted by Gasteiger charge is -2.34. The zero-order valence-corrected chi connectivity index (χ0v) is 17.8. The SMILES string of the molecule is O=C(c1ccc(C(F)(F)F)cc1)N1CCN(c2nc(Cc3ccc(Cl)cc3)ns2)CC1. The molecule has 0 saturated carbocycles. The number of halogens is 4. The number of amides is 1. The molecule has 1 aliphatic heterocycles. The van der Waals surface area contributed by atoms with Gasteiger partial charge in [-0.1, -0.05) is 23.7 Å². The molecule has 0 unspecified atom stereocenters. The number of benzene rings is 2. The lowest BCUT2D eigenvalue weighted by Crippen LogP contribution is -2.48. The van der Waals surface area contributed by atoms with Gasteiger partial charge in [0.25, 0.3) is 5.91 Å². The lowest BCUT2D eigenvalue weighted by atomic mass is 10.1. The van der Waals surface area contributed by atoms with Gasteiger partial charge in [0.1, 0.15) is 5.82 Å². The summed E-state index contributed by atoms with van der Waals surface area (Å²) in [4.78, 5) is 20.9. The number of alkyl halides is 3. The number of aromatic nitrogens is 2. The highest BCUT2D eigenvalue weighted by atomic mass is 35.5. The Hall–Kier alpha value is -2.65. The van der Waals surface area contributed by atoms with Gasteiger partial charge in [-0.05, 0) is 42.0 Å². The van der Waals surface area contributed by atoms with Gasteiger partial charge in [-0.3, -0.25) is 4.79 Å². The number of carbonyl (C=O) groups excluding carboxylic acids is 1. The minimum Gasteiger partial charge on any atom is -0.343 e. The summed E-state index contributed by atoms with van der Waals surface area (Å²) in [6.07, 6.45) is -3.80. The van der Waals surface area contributed by atoms with Gasteiger partial charge in [-0.15, -0.1) is 0 Å². The quantitative estimate of drug-likeness (QED) is 0.556. The van der Waals surface area contributed by atoms with Crippen molar-refractivity contribution in [3.05, 3.63) is 76.1 Å². The van der Waals surface area contributed by atoms with Gasteiger partial charge in [-0.25, -0.2) is 4.98 Å². The highest BCUT2D eigenvalue weighted by Crippen LogP contribution is 2.29. The molecule has 0 aliphatic carbocycles. The van der Waals surface area contributed by atoms with Crippen molar-refractivity contribution >= 4 is 34.2 Å². The number of nitrogens with zero attached hydrogens (tertiary/aromatic N) is 4. The van der Waals surface area contributed by atoms with Crippen LogP contribution in [0.25, 0.3) is 0 Å². The molecule has 1 fully saturated rings. The first kappa shape index (κ1) is 21.6. The normalized spacial score (nSPS) is 14.7. The summed E-state index contributed by atoms with van der Waals surface area (Å²) in [5, 5.41) is 1.48. The maximum Gasteiger partial charge on any atom is 0.416 e. The van der Waals surface area contributed by atoms with Crippen LogP contribution in [0.5, 0.6) is 0 Å². The van der Waals surface area contributed by atoms with Crippen LogP contribution in [0.1, 0.15) is 27.3 Å². The molecule has 1 amide bonds. The molecule has 31 heavy (non-hydrogen) atoms. The fourth-order valence-corrected chi connectivity index (χ4v) is 4.18. The van der Waals surface area contributed by atoms with Gasteiger partial charge in [0.15, 0.2) is 0 Å². The lowest BCUT2D eigenvalue weighted by molar-refractivity contribution is -0.137. The Morgan fingerprint density at radius 2 is 1.65 bits per heavy atom. The van der Waals surface area contributed by atoms with Crippen LogP contribution in [0.3, 0.4) is 0 Å². The Kier molecular flexibility index (Phi) is 6.15. The molecular formula is C21H18ClF3N4OS. The standard InChI is InChI=1S/C21H18ClF3N4OS/c22-17-7-1-14(2-8-17)13-18-26-20(31-27-18)29-11-9-28(10-12-29)19(30)15-3-5-16(6-4-15)21(23,24)25/h1-8H,9-13H2. The van der Waals surface area contributed by atoms with Crippen molar-refractivity contribution in [1.82, 2.24) is 14.3 Å². The summed E-state index contributed by atoms with van der Waals surface area (Å²) >= 11 is 7.23. The van der Waals surface area contributed by atoms with E-state index in [4.69, 9.17) is 11.6 Å². The summed E-state index contributed by atoms with van der Waals surface area (Å²) in [6, 6.07) is 11.9. The van der Waals surface area contributed by atoms with Crippen molar-refractivity contribution in [2.75, 3.05) is 31.1 Å². The van der Waals surface area contributed by atoms with Crippen LogP contribution in [0.4, 0.5) is 18.3 Å². The number of anilines is 1. The van der Waals surface area contributed by atoms with Gasteiger partial charge in [0.05, 0.1) is 5.56 Å². The first-order valence-corrected chi connectivity index (χ1v) is 10.7. The fraction of sp³-hybridized carbons (Fsp3) is 0.286. The summed E-state index contributed by atoms with van der Waals surface area (Å²) in [6.45, 7) is 2.10. The van der Waals surface area contributed by atoms with E-state index in [-0.39, 0.29) is 11.5 Å². The van der Waals surface area contributed by atoms with Crippen LogP contribution in [0, 0.1) is 0 Å². The van der Waals surface area contributed by atoms with E-state index in [0.29, 0.717) is 37.6 Å². The Balaban J connectivity index is 1.34. The van der Waals surface area contributed by atoms with Gasteiger partial charge in [-0.2, -0.15) is 17.5 Å². The second-order valence-electron chi connectivity index (χ2n) is 7.15. The van der Waals surface area contributed by atoms with E-state index in [1.165, 1.54) is 23.7 Å². The van der Waals surface area contributed by atoms with Crippen LogP contribution in [0.15, 0.2) is 48.5 Å². The zero-order chi connectivity index (χ0) is 22.0. The fourth-order valence-electron chi connectivity index (χ4n) is 3.32. The first-order chi connectivity index (χ1) is 14.8. The van der Waals surface area contributed by atoms with Crippen molar-refractivity contribution < 1.29 is 18.0 Å². The topological polar surface area (TPSA) is 49.3 Å². The molecule has 1 aliphatic rings. The van der Waals surface area contributed by atoms with Crippen LogP contribution in [-0.4, -0.2) is 46.3 Å². The molecule has 0 radical (unpaired) electrons. The average molecular weight is 467 g/mol. The Bertz CT molecular complexity index is 1050. The number of hydrogen-bond acceptors (Lipinski definition) is 5. The van der Waals surface area contributed by atoms with E-state index in [0.717, 1.165) is 28.7 Å². The maximum atomic E-state index is 12.7. The monoisotopic (exact) mass is 466 g/mol. The molecule has 0 N–H and O–H groups in total. The van der Waals surface area contributed by atoms with Gasteiger partial charge in [0.2, 0.25) is 5.13 Å².